The molecule has 0 spiro atoms. The van der Waals surface area contributed by atoms with E-state index in [0.717, 1.165) is 0 Å². The Kier molecular flexibility index (Phi) is 5.34. The maximum Gasteiger partial charge on any atom is 0.232 e. The smallest absolute Gasteiger partial charge is 0.232 e. The normalized spacial score (nSPS) is 21.0. The van der Waals surface area contributed by atoms with Gasteiger partial charge in [0.1, 0.15) is 16.9 Å². The van der Waals surface area contributed by atoms with Crippen molar-refractivity contribution in [3.8, 4) is 11.5 Å². The van der Waals surface area contributed by atoms with Gasteiger partial charge in [0.05, 0.1) is 38.0 Å². The van der Waals surface area contributed by atoms with Crippen LogP contribution in [0, 0.1) is 5.92 Å². The van der Waals surface area contributed by atoms with Gasteiger partial charge in [-0.05, 0) is 32.9 Å². The quantitative estimate of drug-likeness (QED) is 0.755. The van der Waals surface area contributed by atoms with Crippen molar-refractivity contribution in [2.45, 2.75) is 37.4 Å². The fourth-order valence-corrected chi connectivity index (χ4v) is 4.72. The first-order valence-electron chi connectivity index (χ1n) is 7.94. The predicted molar refractivity (Wildman–Crippen MR) is 93.1 cm³/mol. The van der Waals surface area contributed by atoms with E-state index in [0.29, 0.717) is 17.1 Å². The van der Waals surface area contributed by atoms with Gasteiger partial charge in [0.2, 0.25) is 5.91 Å². The van der Waals surface area contributed by atoms with Crippen molar-refractivity contribution in [2.24, 2.45) is 5.92 Å². The van der Waals surface area contributed by atoms with Gasteiger partial charge in [-0.3, -0.25) is 4.79 Å². The lowest BCUT2D eigenvalue weighted by Crippen LogP contribution is -2.67. The topological polar surface area (TPSA) is 93.1 Å². The molecule has 7 nitrogen and oxygen atoms in total. The van der Waals surface area contributed by atoms with Crippen molar-refractivity contribution < 1.29 is 27.8 Å². The van der Waals surface area contributed by atoms with Crippen molar-refractivity contribution >= 4 is 15.7 Å². The number of ether oxygens (including phenoxy) is 2. The van der Waals surface area contributed by atoms with Crippen molar-refractivity contribution in [3.63, 3.8) is 0 Å². The lowest BCUT2D eigenvalue weighted by molar-refractivity contribution is -0.154. The molecule has 1 fully saturated rings. The van der Waals surface area contributed by atoms with E-state index in [9.17, 15) is 18.3 Å². The molecule has 1 amide bonds. The summed E-state index contributed by atoms with van der Waals surface area (Å²) in [5.74, 6) is -0.194. The Balaban J connectivity index is 2.37. The molecule has 0 unspecified atom stereocenters. The molecule has 0 bridgehead atoms. The van der Waals surface area contributed by atoms with E-state index in [2.05, 4.69) is 0 Å². The van der Waals surface area contributed by atoms with Crippen molar-refractivity contribution in [1.82, 2.24) is 4.90 Å². The summed E-state index contributed by atoms with van der Waals surface area (Å²) in [6.45, 7) is 4.36. The molecular formula is C17H25NO6S. The van der Waals surface area contributed by atoms with E-state index in [1.165, 1.54) is 19.1 Å². The fraction of sp³-hybridized carbons (Fsp3) is 0.588. The summed E-state index contributed by atoms with van der Waals surface area (Å²) in [4.78, 5) is 13.6. The number of aliphatic hydroxyl groups excluding tert-OH is 1. The van der Waals surface area contributed by atoms with Crippen LogP contribution in [0.15, 0.2) is 18.2 Å². The summed E-state index contributed by atoms with van der Waals surface area (Å²) in [6.07, 6.45) is 0. The zero-order chi connectivity index (χ0) is 19.0. The average Bonchev–Trinajstić information content (AvgIpc) is 2.55. The third-order valence-electron chi connectivity index (χ3n) is 4.45. The van der Waals surface area contributed by atoms with Crippen LogP contribution in [0.3, 0.4) is 0 Å². The highest BCUT2D eigenvalue weighted by molar-refractivity contribution is 7.93. The van der Waals surface area contributed by atoms with Crippen LogP contribution in [-0.4, -0.2) is 55.3 Å². The summed E-state index contributed by atoms with van der Waals surface area (Å²) in [6, 6.07) is 5.13. The number of likely N-dealkylation sites (tertiary alicyclic amines) is 1. The second-order valence-corrected chi connectivity index (χ2v) is 9.78. The number of hydrogen-bond donors (Lipinski definition) is 1. The number of sulfone groups is 1. The summed E-state index contributed by atoms with van der Waals surface area (Å²) in [5, 5.41) is 8.41. The standard InChI is InChI=1S/C17H25NO6S/c1-17(2,3)25(21,22)16-13(10-19)15(20)18(16)9-11-6-7-12(23-4)8-14(11)24-5/h6-8,13,16,19H,9-10H2,1-5H3/t13-,16+/m0/s1. The predicted octanol–water partition coefficient (Wildman–Crippen LogP) is 1.19. The van der Waals surface area contributed by atoms with Gasteiger partial charge in [0.15, 0.2) is 9.84 Å². The largest absolute Gasteiger partial charge is 0.497 e. The van der Waals surface area contributed by atoms with E-state index in [1.807, 2.05) is 0 Å². The number of rotatable bonds is 6. The lowest BCUT2D eigenvalue weighted by Gasteiger charge is -2.48. The first kappa shape index (κ1) is 19.5. The van der Waals surface area contributed by atoms with Crippen LogP contribution < -0.4 is 9.47 Å². The van der Waals surface area contributed by atoms with Crippen molar-refractivity contribution in [3.05, 3.63) is 23.8 Å². The van der Waals surface area contributed by atoms with E-state index >= 15 is 0 Å². The van der Waals surface area contributed by atoms with Crippen molar-refractivity contribution in [1.29, 1.82) is 0 Å². The monoisotopic (exact) mass is 371 g/mol. The molecule has 1 saturated heterocycles. The Morgan fingerprint density at radius 2 is 1.84 bits per heavy atom. The number of β-lactam (4-membered cyclic amide) rings is 1. The van der Waals surface area contributed by atoms with Crippen molar-refractivity contribution in [2.75, 3.05) is 20.8 Å². The fourth-order valence-electron chi connectivity index (χ4n) is 2.84. The molecule has 140 valence electrons. The minimum Gasteiger partial charge on any atom is -0.497 e. The van der Waals surface area contributed by atoms with Gasteiger partial charge in [-0.15, -0.1) is 0 Å². The van der Waals surface area contributed by atoms with Crippen LogP contribution in [-0.2, 0) is 21.2 Å². The minimum absolute atomic E-state index is 0.0858. The molecule has 0 aliphatic carbocycles. The van der Waals surface area contributed by atoms with Crippen LogP contribution in [0.4, 0.5) is 0 Å². The molecule has 1 heterocycles. The van der Waals surface area contributed by atoms with Crippen LogP contribution in [0.2, 0.25) is 0 Å². The molecule has 8 heteroatoms. The molecule has 1 aliphatic heterocycles. The second kappa shape index (κ2) is 6.84. The Morgan fingerprint density at radius 3 is 2.32 bits per heavy atom. The van der Waals surface area contributed by atoms with Gasteiger partial charge in [-0.1, -0.05) is 0 Å². The number of nitrogens with zero attached hydrogens (tertiary/aromatic N) is 1. The third kappa shape index (κ3) is 3.32. The number of benzene rings is 1. The van der Waals surface area contributed by atoms with Gasteiger partial charge < -0.3 is 19.5 Å². The zero-order valence-electron chi connectivity index (χ0n) is 15.1. The molecule has 1 aromatic rings. The Labute approximate surface area is 148 Å². The second-order valence-electron chi connectivity index (χ2n) is 6.98. The van der Waals surface area contributed by atoms with E-state index in [-0.39, 0.29) is 12.5 Å². The maximum absolute atomic E-state index is 12.8. The Morgan fingerprint density at radius 1 is 1.20 bits per heavy atom. The van der Waals surface area contributed by atoms with Gasteiger partial charge in [-0.2, -0.15) is 0 Å². The first-order valence-corrected chi connectivity index (χ1v) is 9.48. The van der Waals surface area contributed by atoms with Crippen LogP contribution in [0.25, 0.3) is 0 Å². The SMILES string of the molecule is COc1ccc(CN2C(=O)[C@H](CO)[C@H]2S(=O)(=O)C(C)(C)C)c(OC)c1. The highest BCUT2D eigenvalue weighted by Gasteiger charge is 2.56. The van der Waals surface area contributed by atoms with E-state index in [4.69, 9.17) is 9.47 Å². The van der Waals surface area contributed by atoms with Crippen LogP contribution in [0.5, 0.6) is 11.5 Å². The number of amides is 1. The number of methoxy groups -OCH3 is 2. The minimum atomic E-state index is -3.66. The zero-order valence-corrected chi connectivity index (χ0v) is 16.0. The lowest BCUT2D eigenvalue weighted by atomic mass is 9.98. The van der Waals surface area contributed by atoms with Gasteiger partial charge in [0, 0.05) is 11.6 Å². The molecule has 0 saturated carbocycles. The van der Waals surface area contributed by atoms with Gasteiger partial charge in [0.25, 0.3) is 0 Å². The summed E-state index contributed by atoms with van der Waals surface area (Å²) >= 11 is 0. The van der Waals surface area contributed by atoms with Crippen LogP contribution in [0.1, 0.15) is 26.3 Å². The number of hydrogen-bond acceptors (Lipinski definition) is 6. The van der Waals surface area contributed by atoms with Crippen LogP contribution >= 0.6 is 0 Å². The highest BCUT2D eigenvalue weighted by Crippen LogP contribution is 2.38. The Bertz CT molecular complexity index is 753. The maximum atomic E-state index is 12.8. The molecule has 2 rings (SSSR count). The number of aliphatic hydroxyl groups is 1. The number of carbonyl (C=O) groups is 1. The molecule has 1 aromatic carbocycles. The summed E-state index contributed by atoms with van der Waals surface area (Å²) < 4.78 is 35.1. The highest BCUT2D eigenvalue weighted by atomic mass is 32.2. The molecule has 1 aliphatic rings. The van der Waals surface area contributed by atoms with E-state index < -0.39 is 32.5 Å². The van der Waals surface area contributed by atoms with E-state index in [1.54, 1.807) is 39.0 Å². The molecular weight excluding hydrogens is 346 g/mol. The van der Waals surface area contributed by atoms with Gasteiger partial charge in [-0.25, -0.2) is 8.42 Å². The molecule has 2 atom stereocenters. The number of carbonyl (C=O) groups excluding carboxylic acids is 1. The molecule has 1 N–H and O–H groups in total. The summed E-state index contributed by atoms with van der Waals surface area (Å²) in [7, 11) is -0.627. The van der Waals surface area contributed by atoms with Gasteiger partial charge >= 0.3 is 0 Å². The molecule has 0 aromatic heterocycles. The average molecular weight is 371 g/mol. The Hall–Kier alpha value is -1.80. The first-order chi connectivity index (χ1) is 11.6. The third-order valence-corrected chi connectivity index (χ3v) is 7.38. The molecule has 0 radical (unpaired) electrons. The summed E-state index contributed by atoms with van der Waals surface area (Å²) in [5.41, 5.74) is 0.669. The molecule has 25 heavy (non-hydrogen) atoms.